The first-order chi connectivity index (χ1) is 5.52. The van der Waals surface area contributed by atoms with Crippen LogP contribution in [0.4, 0.5) is 0 Å². The highest BCUT2D eigenvalue weighted by atomic mass is 16.7. The van der Waals surface area contributed by atoms with Gasteiger partial charge in [-0.15, -0.1) is 0 Å². The van der Waals surface area contributed by atoms with E-state index in [1.54, 1.807) is 0 Å². The molecule has 0 aliphatic heterocycles. The lowest BCUT2D eigenvalue weighted by molar-refractivity contribution is -0.171. The van der Waals surface area contributed by atoms with Crippen LogP contribution in [0, 0.1) is 0 Å². The Labute approximate surface area is 69.4 Å². The lowest BCUT2D eigenvalue weighted by Crippen LogP contribution is -2.50. The highest BCUT2D eigenvalue weighted by Crippen LogP contribution is 2.12. The largest absolute Gasteiger partial charge is 0.372 e. The van der Waals surface area contributed by atoms with Gasteiger partial charge in [-0.25, -0.2) is 4.79 Å². The molecule has 0 spiro atoms. The number of rotatable bonds is 4. The van der Waals surface area contributed by atoms with Gasteiger partial charge in [0.1, 0.15) is 0 Å². The van der Waals surface area contributed by atoms with Gasteiger partial charge in [0.15, 0.2) is 5.78 Å². The summed E-state index contributed by atoms with van der Waals surface area (Å²) in [6, 6.07) is 0. The van der Waals surface area contributed by atoms with Crippen LogP contribution in [0.25, 0.3) is 0 Å². The molecule has 0 saturated heterocycles. The monoisotopic (exact) mass is 176 g/mol. The number of hydrogen-bond donors (Lipinski definition) is 3. The smallest absolute Gasteiger partial charge is 0.364 e. The lowest BCUT2D eigenvalue weighted by Gasteiger charge is -2.20. The van der Waals surface area contributed by atoms with E-state index in [1.165, 1.54) is 6.92 Å². The second kappa shape index (κ2) is 4.15. The van der Waals surface area contributed by atoms with Crippen LogP contribution in [0.15, 0.2) is 0 Å². The third kappa shape index (κ3) is 1.79. The van der Waals surface area contributed by atoms with Crippen LogP contribution in [-0.4, -0.2) is 29.0 Å². The summed E-state index contributed by atoms with van der Waals surface area (Å²) in [4.78, 5) is 25.5. The summed E-state index contributed by atoms with van der Waals surface area (Å²) in [5.41, 5.74) is 2.78. The van der Waals surface area contributed by atoms with Crippen molar-refractivity contribution in [3.8, 4) is 0 Å². The van der Waals surface area contributed by atoms with Crippen molar-refractivity contribution in [3.05, 3.63) is 0 Å². The Kier molecular flexibility index (Phi) is 3.81. The third-order valence-electron chi connectivity index (χ3n) is 1.60. The molecule has 0 aliphatic carbocycles. The van der Waals surface area contributed by atoms with Gasteiger partial charge in [0, 0.05) is 0 Å². The van der Waals surface area contributed by atoms with E-state index >= 15 is 0 Å². The number of ketones is 1. The minimum atomic E-state index is -2.19. The maximum absolute atomic E-state index is 10.9. The second-order valence-electron chi connectivity index (χ2n) is 2.25. The van der Waals surface area contributed by atoms with Crippen molar-refractivity contribution >= 4 is 11.8 Å². The normalized spacial score (nSPS) is 15.0. The van der Waals surface area contributed by atoms with Crippen LogP contribution in [0.2, 0.25) is 0 Å². The molecule has 0 rings (SSSR count). The summed E-state index contributed by atoms with van der Waals surface area (Å²) in [6.07, 6.45) is -0.112. The molecule has 12 heavy (non-hydrogen) atoms. The van der Waals surface area contributed by atoms with Crippen LogP contribution in [-0.2, 0) is 14.4 Å². The molecule has 1 unspecified atom stereocenters. The summed E-state index contributed by atoms with van der Waals surface area (Å²) < 4.78 is 0. The van der Waals surface area contributed by atoms with Gasteiger partial charge in [0.25, 0.3) is 0 Å². The molecule has 0 aromatic carbocycles. The maximum Gasteiger partial charge on any atom is 0.364 e. The molecule has 6 heteroatoms. The maximum atomic E-state index is 10.9. The molecule has 0 aromatic heterocycles. The van der Waals surface area contributed by atoms with Crippen molar-refractivity contribution in [1.82, 2.24) is 0 Å². The summed E-state index contributed by atoms with van der Waals surface area (Å²) in [5, 5.41) is 9.37. The van der Waals surface area contributed by atoms with E-state index < -0.39 is 23.9 Å². The molecule has 0 aromatic rings. The first kappa shape index (κ1) is 11.0. The number of hydrogen-bond acceptors (Lipinski definition) is 6. The number of carbonyl (C=O) groups is 2. The first-order valence-corrected chi connectivity index (χ1v) is 3.39. The average Bonchev–Trinajstić information content (AvgIpc) is 2.13. The van der Waals surface area contributed by atoms with Crippen molar-refractivity contribution < 1.29 is 19.5 Å². The molecule has 0 amide bonds. The number of Topliss-reactive ketones (excluding diaryl/α,β-unsaturated/α-hetero) is 1. The van der Waals surface area contributed by atoms with Crippen molar-refractivity contribution in [3.63, 3.8) is 0 Å². The van der Waals surface area contributed by atoms with Gasteiger partial charge < -0.3 is 15.7 Å². The Bertz CT molecular complexity index is 176. The van der Waals surface area contributed by atoms with Crippen LogP contribution in [0.3, 0.4) is 0 Å². The van der Waals surface area contributed by atoms with Crippen molar-refractivity contribution in [2.45, 2.75) is 18.9 Å². The van der Waals surface area contributed by atoms with E-state index in [9.17, 15) is 14.7 Å². The molecule has 0 heterocycles. The minimum Gasteiger partial charge on any atom is -0.372 e. The summed E-state index contributed by atoms with van der Waals surface area (Å²) in [7, 11) is 0. The Morgan fingerprint density at radius 2 is 2.08 bits per heavy atom. The molecule has 70 valence electrons. The van der Waals surface area contributed by atoms with Crippen molar-refractivity contribution in [2.24, 2.45) is 11.6 Å². The molecular formula is C6H12N2O4. The Morgan fingerprint density at radius 1 is 1.58 bits per heavy atom. The van der Waals surface area contributed by atoms with E-state index in [1.807, 2.05) is 0 Å². The van der Waals surface area contributed by atoms with Gasteiger partial charge in [-0.3, -0.25) is 4.79 Å². The van der Waals surface area contributed by atoms with Crippen LogP contribution in [0.1, 0.15) is 13.3 Å². The average molecular weight is 176 g/mol. The van der Waals surface area contributed by atoms with Crippen LogP contribution >= 0.6 is 0 Å². The molecule has 5 N–H and O–H groups in total. The summed E-state index contributed by atoms with van der Waals surface area (Å²) in [5.74, 6) is 2.54. The zero-order chi connectivity index (χ0) is 9.78. The Morgan fingerprint density at radius 3 is 2.33 bits per heavy atom. The van der Waals surface area contributed by atoms with E-state index in [2.05, 4.69) is 10.7 Å². The molecule has 0 saturated carbocycles. The van der Waals surface area contributed by atoms with Crippen LogP contribution in [0.5, 0.6) is 0 Å². The Hall–Kier alpha value is -0.980. The fourth-order valence-electron chi connectivity index (χ4n) is 0.722. The molecule has 1 atom stereocenters. The fourth-order valence-corrected chi connectivity index (χ4v) is 0.722. The highest BCUT2D eigenvalue weighted by Gasteiger charge is 2.42. The van der Waals surface area contributed by atoms with Gasteiger partial charge in [-0.05, 0) is 6.42 Å². The van der Waals surface area contributed by atoms with Crippen molar-refractivity contribution in [2.75, 3.05) is 6.54 Å². The molecule has 0 aliphatic rings. The third-order valence-corrected chi connectivity index (χ3v) is 1.60. The predicted octanol–water partition coefficient (Wildman–Crippen LogP) is -1.93. The van der Waals surface area contributed by atoms with Gasteiger partial charge >= 0.3 is 5.97 Å². The van der Waals surface area contributed by atoms with Gasteiger partial charge in [-0.2, -0.15) is 5.90 Å². The molecule has 0 radical (unpaired) electrons. The van der Waals surface area contributed by atoms with E-state index in [0.29, 0.717) is 0 Å². The molecule has 6 nitrogen and oxygen atoms in total. The van der Waals surface area contributed by atoms with E-state index in [4.69, 9.17) is 5.73 Å². The topological polar surface area (TPSA) is 116 Å². The molecule has 0 bridgehead atoms. The van der Waals surface area contributed by atoms with E-state index in [-0.39, 0.29) is 6.42 Å². The number of carbonyl (C=O) groups excluding carboxylic acids is 2. The van der Waals surface area contributed by atoms with Crippen LogP contribution < -0.4 is 11.6 Å². The second-order valence-corrected chi connectivity index (χ2v) is 2.25. The summed E-state index contributed by atoms with van der Waals surface area (Å²) in [6.45, 7) is 1.02. The zero-order valence-corrected chi connectivity index (χ0v) is 6.74. The number of aliphatic hydroxyl groups is 1. The quantitative estimate of drug-likeness (QED) is 0.339. The van der Waals surface area contributed by atoms with Crippen molar-refractivity contribution in [1.29, 1.82) is 0 Å². The first-order valence-electron chi connectivity index (χ1n) is 3.39. The molecular weight excluding hydrogens is 164 g/mol. The summed E-state index contributed by atoms with van der Waals surface area (Å²) >= 11 is 0. The van der Waals surface area contributed by atoms with Gasteiger partial charge in [0.05, 0.1) is 6.54 Å². The number of nitrogens with two attached hydrogens (primary N) is 2. The highest BCUT2D eigenvalue weighted by molar-refractivity contribution is 6.07. The molecule has 0 fully saturated rings. The van der Waals surface area contributed by atoms with E-state index in [0.717, 1.165) is 0 Å². The minimum absolute atomic E-state index is 0.112. The van der Waals surface area contributed by atoms with Gasteiger partial charge in [-0.1, -0.05) is 6.92 Å². The van der Waals surface area contributed by atoms with Gasteiger partial charge in [0.2, 0.25) is 5.60 Å². The SMILES string of the molecule is CCC(O)(C(=O)CN)C(=O)ON. The lowest BCUT2D eigenvalue weighted by atomic mass is 9.95. The zero-order valence-electron chi connectivity index (χ0n) is 6.74. The predicted molar refractivity (Wildman–Crippen MR) is 39.6 cm³/mol. The fraction of sp³-hybridized carbons (Fsp3) is 0.667. The Balaban J connectivity index is 4.66. The standard InChI is InChI=1S/C6H12N2O4/c1-2-6(11,4(9)3-7)5(10)12-8/h11H,2-3,7-8H2,1H3.